The van der Waals surface area contributed by atoms with Crippen LogP contribution in [0, 0.1) is 0 Å². The van der Waals surface area contributed by atoms with E-state index in [0.717, 1.165) is 11.8 Å². The molecule has 3 heterocycles. The highest BCUT2D eigenvalue weighted by Crippen LogP contribution is 2.37. The summed E-state index contributed by atoms with van der Waals surface area (Å²) in [6.07, 6.45) is -0.527. The molecular weight excluding hydrogens is 420 g/mol. The SMILES string of the molecule is C[C@@H](Sc1nnc([C@H]2COc3ccccc3O2)o1)C(=O)N1CC(=O)Nc2ccccc21. The number of amides is 2. The highest BCUT2D eigenvalue weighted by molar-refractivity contribution is 8.00. The Morgan fingerprint density at radius 3 is 2.81 bits per heavy atom. The van der Waals surface area contributed by atoms with Gasteiger partial charge < -0.3 is 19.2 Å². The van der Waals surface area contributed by atoms with Crippen LogP contribution in [0.1, 0.15) is 18.9 Å². The monoisotopic (exact) mass is 438 g/mol. The number of carbonyl (C=O) groups excluding carboxylic acids is 2. The number of nitrogens with one attached hydrogen (secondary N) is 1. The predicted octanol–water partition coefficient (Wildman–Crippen LogP) is 3.05. The second-order valence-corrected chi connectivity index (χ2v) is 8.31. The molecule has 1 N–H and O–H groups in total. The minimum absolute atomic E-state index is 0.0392. The summed E-state index contributed by atoms with van der Waals surface area (Å²) in [6, 6.07) is 14.5. The molecule has 0 saturated heterocycles. The number of hydrogen-bond acceptors (Lipinski definition) is 8. The van der Waals surface area contributed by atoms with Crippen LogP contribution in [0.3, 0.4) is 0 Å². The number of anilines is 2. The number of para-hydroxylation sites is 4. The fourth-order valence-electron chi connectivity index (χ4n) is 3.39. The number of hydrogen-bond donors (Lipinski definition) is 1. The fraction of sp³-hybridized carbons (Fsp3) is 0.238. The molecule has 2 aliphatic rings. The van der Waals surface area contributed by atoms with Crippen molar-refractivity contribution in [1.29, 1.82) is 0 Å². The number of benzene rings is 2. The molecule has 0 unspecified atom stereocenters. The van der Waals surface area contributed by atoms with Crippen molar-refractivity contribution in [3.05, 3.63) is 54.4 Å². The summed E-state index contributed by atoms with van der Waals surface area (Å²) in [6.45, 7) is 1.95. The largest absolute Gasteiger partial charge is 0.485 e. The van der Waals surface area contributed by atoms with Crippen molar-refractivity contribution >= 4 is 35.0 Å². The first-order valence-corrected chi connectivity index (χ1v) is 10.6. The Balaban J connectivity index is 1.28. The molecule has 0 aliphatic carbocycles. The van der Waals surface area contributed by atoms with Crippen molar-refractivity contribution in [2.24, 2.45) is 0 Å². The van der Waals surface area contributed by atoms with Crippen molar-refractivity contribution in [1.82, 2.24) is 10.2 Å². The number of thioether (sulfide) groups is 1. The van der Waals surface area contributed by atoms with E-state index in [0.29, 0.717) is 22.9 Å². The number of ether oxygens (including phenoxy) is 2. The molecule has 0 fully saturated rings. The first-order chi connectivity index (χ1) is 15.1. The molecule has 158 valence electrons. The summed E-state index contributed by atoms with van der Waals surface area (Å²) in [5, 5.41) is 10.6. The number of nitrogens with zero attached hydrogens (tertiary/aromatic N) is 3. The number of rotatable bonds is 4. The Morgan fingerprint density at radius 2 is 1.94 bits per heavy atom. The van der Waals surface area contributed by atoms with E-state index in [-0.39, 0.29) is 36.1 Å². The zero-order chi connectivity index (χ0) is 21.4. The summed E-state index contributed by atoms with van der Waals surface area (Å²) < 4.78 is 17.3. The molecule has 0 saturated carbocycles. The van der Waals surface area contributed by atoms with Gasteiger partial charge in [0.2, 0.25) is 17.9 Å². The van der Waals surface area contributed by atoms with E-state index >= 15 is 0 Å². The van der Waals surface area contributed by atoms with E-state index in [1.807, 2.05) is 24.3 Å². The fourth-order valence-corrected chi connectivity index (χ4v) is 4.14. The van der Waals surface area contributed by atoms with Crippen LogP contribution in [0.5, 0.6) is 11.5 Å². The van der Waals surface area contributed by atoms with Crippen LogP contribution in [0.25, 0.3) is 0 Å². The molecule has 9 nitrogen and oxygen atoms in total. The average molecular weight is 438 g/mol. The minimum atomic E-state index is -0.545. The van der Waals surface area contributed by atoms with Crippen LogP contribution in [0.15, 0.2) is 58.2 Å². The van der Waals surface area contributed by atoms with E-state index in [9.17, 15) is 9.59 Å². The Morgan fingerprint density at radius 1 is 1.16 bits per heavy atom. The number of aromatic nitrogens is 2. The van der Waals surface area contributed by atoms with Crippen molar-refractivity contribution < 1.29 is 23.5 Å². The summed E-state index contributed by atoms with van der Waals surface area (Å²) >= 11 is 1.13. The predicted molar refractivity (Wildman–Crippen MR) is 112 cm³/mol. The Hall–Kier alpha value is -3.53. The van der Waals surface area contributed by atoms with Crippen molar-refractivity contribution in [3.63, 3.8) is 0 Å². The van der Waals surface area contributed by atoms with E-state index in [4.69, 9.17) is 13.9 Å². The van der Waals surface area contributed by atoms with Crippen LogP contribution < -0.4 is 19.7 Å². The Bertz CT molecular complexity index is 1150. The molecule has 10 heteroatoms. The maximum Gasteiger partial charge on any atom is 0.277 e. The molecule has 0 bridgehead atoms. The Kier molecular flexibility index (Phi) is 4.99. The molecule has 2 amide bonds. The maximum absolute atomic E-state index is 13.0. The highest BCUT2D eigenvalue weighted by atomic mass is 32.2. The van der Waals surface area contributed by atoms with Gasteiger partial charge in [-0.2, -0.15) is 0 Å². The van der Waals surface area contributed by atoms with Crippen LogP contribution in [-0.2, 0) is 9.59 Å². The number of carbonyl (C=O) groups is 2. The molecule has 3 aromatic rings. The molecule has 5 rings (SSSR count). The van der Waals surface area contributed by atoms with Gasteiger partial charge in [0.05, 0.1) is 16.6 Å². The van der Waals surface area contributed by atoms with Gasteiger partial charge in [0.15, 0.2) is 11.5 Å². The van der Waals surface area contributed by atoms with Crippen LogP contribution in [0.4, 0.5) is 11.4 Å². The summed E-state index contributed by atoms with van der Waals surface area (Å²) in [4.78, 5) is 26.5. The zero-order valence-corrected chi connectivity index (χ0v) is 17.3. The van der Waals surface area contributed by atoms with Gasteiger partial charge >= 0.3 is 0 Å². The van der Waals surface area contributed by atoms with E-state index in [1.54, 1.807) is 31.2 Å². The van der Waals surface area contributed by atoms with E-state index in [2.05, 4.69) is 15.5 Å². The normalized spacial score (nSPS) is 18.2. The zero-order valence-electron chi connectivity index (χ0n) is 16.5. The third-order valence-corrected chi connectivity index (χ3v) is 5.79. The van der Waals surface area contributed by atoms with Crippen LogP contribution in [0.2, 0.25) is 0 Å². The molecule has 2 aliphatic heterocycles. The van der Waals surface area contributed by atoms with Gasteiger partial charge in [0.1, 0.15) is 13.2 Å². The van der Waals surface area contributed by atoms with Gasteiger partial charge in [0, 0.05) is 0 Å². The molecule has 2 aromatic carbocycles. The minimum Gasteiger partial charge on any atom is -0.485 e. The maximum atomic E-state index is 13.0. The first kappa shape index (κ1) is 19.4. The molecule has 31 heavy (non-hydrogen) atoms. The smallest absolute Gasteiger partial charge is 0.277 e. The quantitative estimate of drug-likeness (QED) is 0.620. The van der Waals surface area contributed by atoms with Gasteiger partial charge in [-0.15, -0.1) is 10.2 Å². The topological polar surface area (TPSA) is 107 Å². The highest BCUT2D eigenvalue weighted by Gasteiger charge is 2.32. The lowest BCUT2D eigenvalue weighted by atomic mass is 10.2. The molecule has 2 atom stereocenters. The van der Waals surface area contributed by atoms with Gasteiger partial charge in [-0.1, -0.05) is 36.0 Å². The molecule has 1 aromatic heterocycles. The lowest BCUT2D eigenvalue weighted by Crippen LogP contribution is -2.45. The van der Waals surface area contributed by atoms with Gasteiger partial charge in [0.25, 0.3) is 11.1 Å². The van der Waals surface area contributed by atoms with Crippen LogP contribution in [-0.4, -0.2) is 40.4 Å². The lowest BCUT2D eigenvalue weighted by Gasteiger charge is -2.30. The molecule has 0 spiro atoms. The third-order valence-electron chi connectivity index (χ3n) is 4.87. The summed E-state index contributed by atoms with van der Waals surface area (Å²) in [5.74, 6) is 1.09. The van der Waals surface area contributed by atoms with Crippen LogP contribution >= 0.6 is 11.8 Å². The number of fused-ring (bicyclic) bond motifs is 2. The van der Waals surface area contributed by atoms with E-state index in [1.165, 1.54) is 4.90 Å². The van der Waals surface area contributed by atoms with E-state index < -0.39 is 11.4 Å². The Labute approximate surface area is 181 Å². The second-order valence-electron chi connectivity index (χ2n) is 7.02. The van der Waals surface area contributed by atoms with Gasteiger partial charge in [-0.05, 0) is 31.2 Å². The van der Waals surface area contributed by atoms with Gasteiger partial charge in [-0.25, -0.2) is 0 Å². The van der Waals surface area contributed by atoms with Crippen molar-refractivity contribution in [2.75, 3.05) is 23.4 Å². The lowest BCUT2D eigenvalue weighted by molar-refractivity contribution is -0.121. The summed E-state index contributed by atoms with van der Waals surface area (Å²) in [7, 11) is 0. The average Bonchev–Trinajstić information content (AvgIpc) is 3.26. The standard InChI is InChI=1S/C21H18N4O5S/c1-12(20(27)25-10-18(26)22-13-6-2-3-7-14(13)25)31-21-24-23-19(30-21)17-11-28-15-8-4-5-9-16(15)29-17/h2-9,12,17H,10-11H2,1H3,(H,22,26)/t12-,17-/m1/s1. The van der Waals surface area contributed by atoms with Gasteiger partial charge in [-0.3, -0.25) is 14.5 Å². The second kappa shape index (κ2) is 7.95. The third kappa shape index (κ3) is 3.81. The molecular formula is C21H18N4O5S. The molecule has 0 radical (unpaired) electrons. The first-order valence-electron chi connectivity index (χ1n) is 9.67. The van der Waals surface area contributed by atoms with Crippen molar-refractivity contribution in [2.45, 2.75) is 23.5 Å². The van der Waals surface area contributed by atoms with Crippen molar-refractivity contribution in [3.8, 4) is 11.5 Å². The summed E-state index contributed by atoms with van der Waals surface area (Å²) in [5.41, 5.74) is 1.27.